The Morgan fingerprint density at radius 1 is 1.44 bits per heavy atom. The number of phenolic OH excluding ortho intramolecular Hbond substituents is 1. The molecule has 0 saturated carbocycles. The van der Waals surface area contributed by atoms with Gasteiger partial charge in [-0.1, -0.05) is 19.1 Å². The minimum atomic E-state index is 0.186. The van der Waals surface area contributed by atoms with E-state index in [9.17, 15) is 5.11 Å². The molecule has 0 aliphatic rings. The summed E-state index contributed by atoms with van der Waals surface area (Å²) >= 11 is 1.67. The number of aromatic hydroxyl groups is 1. The van der Waals surface area contributed by atoms with Gasteiger partial charge < -0.3 is 10.4 Å². The van der Waals surface area contributed by atoms with Crippen molar-refractivity contribution >= 4 is 11.3 Å². The van der Waals surface area contributed by atoms with Crippen LogP contribution in [0.5, 0.6) is 5.75 Å². The fourth-order valence-corrected chi connectivity index (χ4v) is 2.74. The smallest absolute Gasteiger partial charge is 0.115 e. The van der Waals surface area contributed by atoms with E-state index in [1.165, 1.54) is 0 Å². The molecule has 96 valence electrons. The standard InChI is InChI=1S/C14H18N2OS/c1-3-13(14-15-7-8-18-14)16-10(2)11-5-4-6-12(17)9-11/h4-10,13,16-17H,3H2,1-2H3. The lowest BCUT2D eigenvalue weighted by molar-refractivity contribution is 0.448. The molecule has 3 nitrogen and oxygen atoms in total. The molecule has 2 unspecified atom stereocenters. The predicted molar refractivity (Wildman–Crippen MR) is 74.8 cm³/mol. The lowest BCUT2D eigenvalue weighted by Crippen LogP contribution is -2.24. The van der Waals surface area contributed by atoms with Crippen LogP contribution in [0.2, 0.25) is 0 Å². The fourth-order valence-electron chi connectivity index (χ4n) is 1.96. The highest BCUT2D eigenvalue weighted by atomic mass is 32.1. The molecule has 2 N–H and O–H groups in total. The SMILES string of the molecule is CCC(NC(C)c1cccc(O)c1)c1nccs1. The zero-order valence-electron chi connectivity index (χ0n) is 10.6. The molecule has 0 aliphatic carbocycles. The van der Waals surface area contributed by atoms with Crippen molar-refractivity contribution in [2.75, 3.05) is 0 Å². The third kappa shape index (κ3) is 3.09. The van der Waals surface area contributed by atoms with Gasteiger partial charge in [-0.2, -0.15) is 0 Å². The number of benzene rings is 1. The van der Waals surface area contributed by atoms with E-state index in [0.29, 0.717) is 5.75 Å². The van der Waals surface area contributed by atoms with Crippen molar-refractivity contribution in [3.8, 4) is 5.75 Å². The molecular weight excluding hydrogens is 244 g/mol. The van der Waals surface area contributed by atoms with Crippen LogP contribution in [0, 0.1) is 0 Å². The van der Waals surface area contributed by atoms with Crippen LogP contribution < -0.4 is 5.32 Å². The Bertz CT molecular complexity index is 484. The summed E-state index contributed by atoms with van der Waals surface area (Å²) in [5.74, 6) is 0.309. The number of hydrogen-bond donors (Lipinski definition) is 2. The van der Waals surface area contributed by atoms with Gasteiger partial charge in [0.25, 0.3) is 0 Å². The van der Waals surface area contributed by atoms with Crippen molar-refractivity contribution in [3.63, 3.8) is 0 Å². The third-order valence-corrected chi connectivity index (χ3v) is 3.87. The van der Waals surface area contributed by atoms with Crippen molar-refractivity contribution in [1.29, 1.82) is 0 Å². The maximum atomic E-state index is 9.50. The van der Waals surface area contributed by atoms with Crippen molar-refractivity contribution in [1.82, 2.24) is 10.3 Å². The van der Waals surface area contributed by atoms with E-state index in [1.807, 2.05) is 23.7 Å². The van der Waals surface area contributed by atoms with Crippen molar-refractivity contribution in [2.24, 2.45) is 0 Å². The maximum Gasteiger partial charge on any atom is 0.115 e. The number of thiazole rings is 1. The van der Waals surface area contributed by atoms with Gasteiger partial charge in [0, 0.05) is 17.6 Å². The number of phenols is 1. The van der Waals surface area contributed by atoms with E-state index < -0.39 is 0 Å². The summed E-state index contributed by atoms with van der Waals surface area (Å²) in [7, 11) is 0. The molecule has 18 heavy (non-hydrogen) atoms. The van der Waals surface area contributed by atoms with Gasteiger partial charge in [0.2, 0.25) is 0 Å². The molecule has 1 aromatic heterocycles. The third-order valence-electron chi connectivity index (χ3n) is 2.98. The highest BCUT2D eigenvalue weighted by Gasteiger charge is 2.15. The van der Waals surface area contributed by atoms with E-state index in [-0.39, 0.29) is 12.1 Å². The van der Waals surface area contributed by atoms with Gasteiger partial charge in [-0.25, -0.2) is 4.98 Å². The molecule has 0 spiro atoms. The second-order valence-corrected chi connectivity index (χ2v) is 5.24. The highest BCUT2D eigenvalue weighted by Crippen LogP contribution is 2.24. The summed E-state index contributed by atoms with van der Waals surface area (Å²) in [5, 5.41) is 16.2. The molecule has 1 heterocycles. The second-order valence-electron chi connectivity index (χ2n) is 4.31. The van der Waals surface area contributed by atoms with E-state index in [0.717, 1.165) is 17.0 Å². The first-order chi connectivity index (χ1) is 8.70. The minimum absolute atomic E-state index is 0.186. The first kappa shape index (κ1) is 13.1. The number of aromatic nitrogens is 1. The molecule has 0 aliphatic heterocycles. The minimum Gasteiger partial charge on any atom is -0.508 e. The number of hydrogen-bond acceptors (Lipinski definition) is 4. The van der Waals surface area contributed by atoms with Gasteiger partial charge in [-0.05, 0) is 31.0 Å². The Morgan fingerprint density at radius 2 is 2.28 bits per heavy atom. The Morgan fingerprint density at radius 3 is 2.89 bits per heavy atom. The average molecular weight is 262 g/mol. The Hall–Kier alpha value is -1.39. The molecule has 0 radical (unpaired) electrons. The van der Waals surface area contributed by atoms with Crippen LogP contribution >= 0.6 is 11.3 Å². The first-order valence-corrected chi connectivity index (χ1v) is 7.03. The second kappa shape index (κ2) is 5.98. The molecular formula is C14H18N2OS. The summed E-state index contributed by atoms with van der Waals surface area (Å²) in [4.78, 5) is 4.36. The summed E-state index contributed by atoms with van der Waals surface area (Å²) < 4.78 is 0. The summed E-state index contributed by atoms with van der Waals surface area (Å²) in [6.45, 7) is 4.25. The predicted octanol–water partition coefficient (Wildman–Crippen LogP) is 3.65. The molecule has 2 aromatic rings. The molecule has 2 rings (SSSR count). The van der Waals surface area contributed by atoms with Crippen LogP contribution in [0.15, 0.2) is 35.8 Å². The van der Waals surface area contributed by atoms with E-state index >= 15 is 0 Å². The van der Waals surface area contributed by atoms with Gasteiger partial charge in [-0.3, -0.25) is 0 Å². The van der Waals surface area contributed by atoms with Crippen LogP contribution in [0.25, 0.3) is 0 Å². The molecule has 4 heteroatoms. The van der Waals surface area contributed by atoms with Gasteiger partial charge >= 0.3 is 0 Å². The summed E-state index contributed by atoms with van der Waals surface area (Å²) in [5.41, 5.74) is 1.09. The largest absolute Gasteiger partial charge is 0.508 e. The molecule has 2 atom stereocenters. The summed E-state index contributed by atoms with van der Waals surface area (Å²) in [6.07, 6.45) is 2.83. The van der Waals surface area contributed by atoms with Crippen LogP contribution in [-0.4, -0.2) is 10.1 Å². The highest BCUT2D eigenvalue weighted by molar-refractivity contribution is 7.09. The number of nitrogens with zero attached hydrogens (tertiary/aromatic N) is 1. The lowest BCUT2D eigenvalue weighted by atomic mass is 10.1. The molecule has 0 bridgehead atoms. The molecule has 1 aromatic carbocycles. The van der Waals surface area contributed by atoms with Gasteiger partial charge in [0.05, 0.1) is 6.04 Å². The molecule has 0 saturated heterocycles. The van der Waals surface area contributed by atoms with E-state index in [4.69, 9.17) is 0 Å². The maximum absolute atomic E-state index is 9.50. The monoisotopic (exact) mass is 262 g/mol. The molecule has 0 amide bonds. The number of nitrogens with one attached hydrogen (secondary N) is 1. The average Bonchev–Trinajstić information content (AvgIpc) is 2.89. The zero-order chi connectivity index (χ0) is 13.0. The summed E-state index contributed by atoms with van der Waals surface area (Å²) in [6, 6.07) is 7.83. The molecule has 0 fully saturated rings. The Labute approximate surface area is 112 Å². The number of rotatable bonds is 5. The van der Waals surface area contributed by atoms with Crippen LogP contribution in [0.3, 0.4) is 0 Å². The topological polar surface area (TPSA) is 45.1 Å². The van der Waals surface area contributed by atoms with Crippen molar-refractivity contribution < 1.29 is 5.11 Å². The van der Waals surface area contributed by atoms with Gasteiger partial charge in [0.15, 0.2) is 0 Å². The lowest BCUT2D eigenvalue weighted by Gasteiger charge is -2.21. The van der Waals surface area contributed by atoms with Gasteiger partial charge in [0.1, 0.15) is 10.8 Å². The van der Waals surface area contributed by atoms with Crippen molar-refractivity contribution in [2.45, 2.75) is 32.4 Å². The Balaban J connectivity index is 2.08. The normalized spacial score (nSPS) is 14.3. The van der Waals surface area contributed by atoms with Crippen LogP contribution in [0.4, 0.5) is 0 Å². The van der Waals surface area contributed by atoms with Crippen molar-refractivity contribution in [3.05, 3.63) is 46.4 Å². The van der Waals surface area contributed by atoms with Crippen LogP contribution in [-0.2, 0) is 0 Å². The Kier molecular flexibility index (Phi) is 4.33. The first-order valence-electron chi connectivity index (χ1n) is 6.15. The quantitative estimate of drug-likeness (QED) is 0.864. The fraction of sp³-hybridized carbons (Fsp3) is 0.357. The zero-order valence-corrected chi connectivity index (χ0v) is 11.4. The van der Waals surface area contributed by atoms with E-state index in [2.05, 4.69) is 24.1 Å². The van der Waals surface area contributed by atoms with Crippen LogP contribution in [0.1, 0.15) is 42.9 Å². The van der Waals surface area contributed by atoms with E-state index in [1.54, 1.807) is 23.5 Å². The van der Waals surface area contributed by atoms with Gasteiger partial charge in [-0.15, -0.1) is 11.3 Å².